The van der Waals surface area contributed by atoms with Crippen LogP contribution >= 0.6 is 0 Å². The Bertz CT molecular complexity index is 941. The number of anilines is 1. The Kier molecular flexibility index (Phi) is 5.15. The maximum atomic E-state index is 14.2. The van der Waals surface area contributed by atoms with E-state index >= 15 is 0 Å². The SMILES string of the molecule is COC(=O)CC(Nc1nc(-c2ccc(=N)n(C(N)=O)c2)ncc1F)C1CC1. The number of amides is 1. The van der Waals surface area contributed by atoms with Gasteiger partial charge in [0.05, 0.1) is 19.7 Å². The van der Waals surface area contributed by atoms with Crippen molar-refractivity contribution in [1.82, 2.24) is 14.5 Å². The van der Waals surface area contributed by atoms with Crippen molar-refractivity contribution in [3.63, 3.8) is 0 Å². The lowest BCUT2D eigenvalue weighted by molar-refractivity contribution is -0.141. The summed E-state index contributed by atoms with van der Waals surface area (Å²) in [6.07, 6.45) is 4.31. The number of primary amides is 1. The molecule has 2 aromatic rings. The zero-order chi connectivity index (χ0) is 19.6. The highest BCUT2D eigenvalue weighted by molar-refractivity contribution is 5.75. The molecule has 10 heteroatoms. The molecule has 0 aromatic carbocycles. The first-order valence-corrected chi connectivity index (χ1v) is 8.32. The van der Waals surface area contributed by atoms with E-state index < -0.39 is 11.8 Å². The van der Waals surface area contributed by atoms with Crippen LogP contribution in [0, 0.1) is 17.1 Å². The van der Waals surface area contributed by atoms with Gasteiger partial charge in [-0.15, -0.1) is 0 Å². The third kappa shape index (κ3) is 4.27. The van der Waals surface area contributed by atoms with Crippen LogP contribution in [0.5, 0.6) is 0 Å². The number of carbonyl (C=O) groups excluding carboxylic acids is 2. The number of nitrogens with two attached hydrogens (primary N) is 1. The second kappa shape index (κ2) is 7.52. The van der Waals surface area contributed by atoms with Crippen LogP contribution in [0.2, 0.25) is 0 Å². The molecule has 27 heavy (non-hydrogen) atoms. The molecule has 2 aromatic heterocycles. The predicted molar refractivity (Wildman–Crippen MR) is 93.0 cm³/mol. The van der Waals surface area contributed by atoms with E-state index in [0.717, 1.165) is 23.6 Å². The standard InChI is InChI=1S/C17H19FN6O3/c1-27-14(25)6-12(9-2-3-9)22-16-11(18)7-21-15(23-16)10-4-5-13(19)24(8-10)17(20)26/h4-5,7-9,12,19H,2-3,6H2,1H3,(H2,20,26)(H,21,22,23). The molecule has 1 atom stereocenters. The van der Waals surface area contributed by atoms with E-state index in [1.54, 1.807) is 0 Å². The molecular formula is C17H19FN6O3. The Labute approximate surface area is 153 Å². The van der Waals surface area contributed by atoms with E-state index in [2.05, 4.69) is 15.3 Å². The van der Waals surface area contributed by atoms with Crippen molar-refractivity contribution in [3.8, 4) is 11.4 Å². The quantitative estimate of drug-likeness (QED) is 0.651. The van der Waals surface area contributed by atoms with Crippen LogP contribution in [0.25, 0.3) is 11.4 Å². The minimum Gasteiger partial charge on any atom is -0.469 e. The van der Waals surface area contributed by atoms with Gasteiger partial charge in [-0.05, 0) is 30.9 Å². The normalized spacial score (nSPS) is 14.4. The fourth-order valence-electron chi connectivity index (χ4n) is 2.70. The Morgan fingerprint density at radius 3 is 2.85 bits per heavy atom. The minimum atomic E-state index is -0.825. The van der Waals surface area contributed by atoms with E-state index in [0.29, 0.717) is 5.56 Å². The van der Waals surface area contributed by atoms with Crippen LogP contribution in [0.1, 0.15) is 19.3 Å². The molecular weight excluding hydrogens is 355 g/mol. The highest BCUT2D eigenvalue weighted by Gasteiger charge is 2.33. The lowest BCUT2D eigenvalue weighted by atomic mass is 10.1. The molecule has 1 aliphatic carbocycles. The number of nitrogens with zero attached hydrogens (tertiary/aromatic N) is 3. The summed E-state index contributed by atoms with van der Waals surface area (Å²) in [4.78, 5) is 31.1. The van der Waals surface area contributed by atoms with Crippen LogP contribution < -0.4 is 16.5 Å². The number of esters is 1. The number of carbonyl (C=O) groups is 2. The smallest absolute Gasteiger partial charge is 0.324 e. The summed E-state index contributed by atoms with van der Waals surface area (Å²) in [5.41, 5.74) is 5.52. The summed E-state index contributed by atoms with van der Waals surface area (Å²) < 4.78 is 19.8. The van der Waals surface area contributed by atoms with Gasteiger partial charge >= 0.3 is 12.0 Å². The average molecular weight is 374 g/mol. The van der Waals surface area contributed by atoms with Crippen molar-refractivity contribution in [3.05, 3.63) is 35.8 Å². The Morgan fingerprint density at radius 2 is 2.22 bits per heavy atom. The largest absolute Gasteiger partial charge is 0.469 e. The monoisotopic (exact) mass is 374 g/mol. The average Bonchev–Trinajstić information content (AvgIpc) is 3.48. The number of hydrogen-bond donors (Lipinski definition) is 3. The highest BCUT2D eigenvalue weighted by atomic mass is 19.1. The van der Waals surface area contributed by atoms with E-state index in [9.17, 15) is 14.0 Å². The van der Waals surface area contributed by atoms with E-state index in [1.807, 2.05) is 0 Å². The van der Waals surface area contributed by atoms with E-state index in [1.165, 1.54) is 25.4 Å². The van der Waals surface area contributed by atoms with Gasteiger partial charge in [0.15, 0.2) is 17.5 Å². The number of hydrogen-bond acceptors (Lipinski definition) is 7. The van der Waals surface area contributed by atoms with Gasteiger partial charge < -0.3 is 15.8 Å². The first-order valence-electron chi connectivity index (χ1n) is 8.32. The highest BCUT2D eigenvalue weighted by Crippen LogP contribution is 2.36. The Balaban J connectivity index is 1.90. The molecule has 3 rings (SSSR count). The summed E-state index contributed by atoms with van der Waals surface area (Å²) >= 11 is 0. The number of ether oxygens (including phenoxy) is 1. The number of rotatable bonds is 6. The van der Waals surface area contributed by atoms with Crippen LogP contribution in [-0.4, -0.2) is 39.7 Å². The molecule has 1 fully saturated rings. The van der Waals surface area contributed by atoms with Crippen LogP contribution in [0.3, 0.4) is 0 Å². The summed E-state index contributed by atoms with van der Waals surface area (Å²) in [7, 11) is 1.31. The molecule has 0 aliphatic heterocycles. The van der Waals surface area contributed by atoms with E-state index in [4.69, 9.17) is 15.9 Å². The molecule has 4 N–H and O–H groups in total. The van der Waals surface area contributed by atoms with Crippen molar-refractivity contribution in [2.45, 2.75) is 25.3 Å². The maximum Gasteiger partial charge on any atom is 0.324 e. The molecule has 1 unspecified atom stereocenters. The zero-order valence-electron chi connectivity index (χ0n) is 14.6. The predicted octanol–water partition coefficient (Wildman–Crippen LogP) is 1.24. The van der Waals surface area contributed by atoms with Crippen LogP contribution in [-0.2, 0) is 9.53 Å². The van der Waals surface area contributed by atoms with Gasteiger partial charge in [0.1, 0.15) is 5.49 Å². The van der Waals surface area contributed by atoms with Gasteiger partial charge in [0.25, 0.3) is 0 Å². The molecule has 0 saturated heterocycles. The molecule has 2 heterocycles. The third-order valence-electron chi connectivity index (χ3n) is 4.32. The molecule has 1 aliphatic rings. The van der Waals surface area contributed by atoms with Gasteiger partial charge in [-0.3, -0.25) is 14.8 Å². The van der Waals surface area contributed by atoms with Crippen molar-refractivity contribution in [1.29, 1.82) is 5.41 Å². The van der Waals surface area contributed by atoms with Gasteiger partial charge in [-0.25, -0.2) is 19.2 Å². The Morgan fingerprint density at radius 1 is 1.48 bits per heavy atom. The first kappa shape index (κ1) is 18.5. The first-order chi connectivity index (χ1) is 12.9. The third-order valence-corrected chi connectivity index (χ3v) is 4.32. The molecule has 0 spiro atoms. The van der Waals surface area contributed by atoms with Crippen molar-refractivity contribution < 1.29 is 18.7 Å². The second-order valence-electron chi connectivity index (χ2n) is 6.27. The molecule has 9 nitrogen and oxygen atoms in total. The molecule has 1 saturated carbocycles. The number of nitrogens with one attached hydrogen (secondary N) is 2. The molecule has 142 valence electrons. The summed E-state index contributed by atoms with van der Waals surface area (Å²) in [5.74, 6) is -0.679. The van der Waals surface area contributed by atoms with Crippen LogP contribution in [0.4, 0.5) is 15.0 Å². The zero-order valence-corrected chi connectivity index (χ0v) is 14.6. The summed E-state index contributed by atoms with van der Waals surface area (Å²) in [6, 6.07) is 1.78. The van der Waals surface area contributed by atoms with Gasteiger partial charge in [0, 0.05) is 17.8 Å². The van der Waals surface area contributed by atoms with Gasteiger partial charge in [-0.2, -0.15) is 0 Å². The fourth-order valence-corrected chi connectivity index (χ4v) is 2.70. The fraction of sp³-hybridized carbons (Fsp3) is 0.353. The van der Waals surface area contributed by atoms with Gasteiger partial charge in [-0.1, -0.05) is 0 Å². The maximum absolute atomic E-state index is 14.2. The van der Waals surface area contributed by atoms with Gasteiger partial charge in [0.2, 0.25) is 0 Å². The molecule has 0 radical (unpaired) electrons. The summed E-state index contributed by atoms with van der Waals surface area (Å²) in [5, 5.41) is 10.6. The number of aromatic nitrogens is 3. The molecule has 0 bridgehead atoms. The lowest BCUT2D eigenvalue weighted by Crippen LogP contribution is -2.30. The minimum absolute atomic E-state index is 0.0404. The lowest BCUT2D eigenvalue weighted by Gasteiger charge is -2.18. The van der Waals surface area contributed by atoms with E-state index in [-0.39, 0.29) is 41.5 Å². The van der Waals surface area contributed by atoms with Crippen molar-refractivity contribution >= 4 is 17.8 Å². The second-order valence-corrected chi connectivity index (χ2v) is 6.27. The van der Waals surface area contributed by atoms with Crippen molar-refractivity contribution in [2.75, 3.05) is 12.4 Å². The topological polar surface area (TPSA) is 136 Å². The van der Waals surface area contributed by atoms with Crippen LogP contribution in [0.15, 0.2) is 24.5 Å². The van der Waals surface area contributed by atoms with Crippen molar-refractivity contribution in [2.24, 2.45) is 11.7 Å². The summed E-state index contributed by atoms with van der Waals surface area (Å²) in [6.45, 7) is 0. The number of pyridine rings is 1. The number of halogens is 1. The Hall–Kier alpha value is -3.30. The number of methoxy groups -OCH3 is 1. The molecule has 1 amide bonds.